The SMILES string of the molecule is Cc1nn(C)c(Cn2cc(N)nn2)c1Cl. The molecule has 0 aliphatic rings. The Balaban J connectivity index is 2.31. The standard InChI is InChI=1S/C8H11ClN6/c1-5-8(9)6(14(2)12-5)3-15-4-7(10)11-13-15/h4H,3,10H2,1-2H3. The van der Waals surface area contributed by atoms with Gasteiger partial charge in [0.25, 0.3) is 0 Å². The van der Waals surface area contributed by atoms with Gasteiger partial charge in [0, 0.05) is 7.05 Å². The molecule has 0 saturated heterocycles. The molecule has 0 aliphatic carbocycles. The van der Waals surface area contributed by atoms with Crippen molar-refractivity contribution in [2.45, 2.75) is 13.5 Å². The van der Waals surface area contributed by atoms with Gasteiger partial charge >= 0.3 is 0 Å². The summed E-state index contributed by atoms with van der Waals surface area (Å²) < 4.78 is 3.35. The zero-order valence-electron chi connectivity index (χ0n) is 8.48. The molecule has 2 aromatic heterocycles. The third kappa shape index (κ3) is 1.80. The predicted molar refractivity (Wildman–Crippen MR) is 56.5 cm³/mol. The van der Waals surface area contributed by atoms with E-state index < -0.39 is 0 Å². The van der Waals surface area contributed by atoms with Crippen molar-refractivity contribution in [2.24, 2.45) is 7.05 Å². The van der Waals surface area contributed by atoms with Crippen LogP contribution in [0, 0.1) is 6.92 Å². The van der Waals surface area contributed by atoms with E-state index in [0.717, 1.165) is 11.4 Å². The summed E-state index contributed by atoms with van der Waals surface area (Å²) in [4.78, 5) is 0. The Labute approximate surface area is 91.6 Å². The summed E-state index contributed by atoms with van der Waals surface area (Å²) >= 11 is 6.09. The molecular formula is C8H11ClN6. The monoisotopic (exact) mass is 226 g/mol. The van der Waals surface area contributed by atoms with Crippen molar-refractivity contribution < 1.29 is 0 Å². The second-order valence-corrected chi connectivity index (χ2v) is 3.69. The lowest BCUT2D eigenvalue weighted by atomic mass is 10.3. The van der Waals surface area contributed by atoms with Gasteiger partial charge in [-0.2, -0.15) is 5.10 Å². The molecular weight excluding hydrogens is 216 g/mol. The van der Waals surface area contributed by atoms with Crippen LogP contribution in [0.1, 0.15) is 11.4 Å². The molecule has 0 unspecified atom stereocenters. The van der Waals surface area contributed by atoms with E-state index in [2.05, 4.69) is 15.4 Å². The third-order valence-electron chi connectivity index (χ3n) is 2.13. The fourth-order valence-corrected chi connectivity index (χ4v) is 1.62. The van der Waals surface area contributed by atoms with Crippen molar-refractivity contribution in [1.29, 1.82) is 0 Å². The van der Waals surface area contributed by atoms with Crippen LogP contribution in [0.3, 0.4) is 0 Å². The Hall–Kier alpha value is -1.56. The number of nitrogens with two attached hydrogens (primary N) is 1. The number of nitrogens with zero attached hydrogens (tertiary/aromatic N) is 5. The highest BCUT2D eigenvalue weighted by Gasteiger charge is 2.11. The van der Waals surface area contributed by atoms with Crippen LogP contribution in [0.5, 0.6) is 0 Å². The van der Waals surface area contributed by atoms with Gasteiger partial charge in [-0.05, 0) is 6.92 Å². The Bertz CT molecular complexity index is 485. The van der Waals surface area contributed by atoms with E-state index in [0.29, 0.717) is 17.4 Å². The van der Waals surface area contributed by atoms with Gasteiger partial charge in [-0.25, -0.2) is 4.68 Å². The van der Waals surface area contributed by atoms with Gasteiger partial charge in [-0.3, -0.25) is 4.68 Å². The summed E-state index contributed by atoms with van der Waals surface area (Å²) in [6.45, 7) is 2.38. The minimum atomic E-state index is 0.394. The van der Waals surface area contributed by atoms with E-state index >= 15 is 0 Å². The number of aromatic nitrogens is 5. The first-order valence-corrected chi connectivity index (χ1v) is 4.79. The molecule has 2 aromatic rings. The molecule has 15 heavy (non-hydrogen) atoms. The summed E-state index contributed by atoms with van der Waals surface area (Å²) in [5.74, 6) is 0.394. The minimum Gasteiger partial charge on any atom is -0.381 e. The van der Waals surface area contributed by atoms with E-state index in [1.165, 1.54) is 0 Å². The summed E-state index contributed by atoms with van der Waals surface area (Å²) in [6, 6.07) is 0. The number of rotatable bonds is 2. The molecule has 7 heteroatoms. The molecule has 0 bridgehead atoms. The molecule has 6 nitrogen and oxygen atoms in total. The average molecular weight is 227 g/mol. The molecule has 0 aliphatic heterocycles. The van der Waals surface area contributed by atoms with E-state index in [9.17, 15) is 0 Å². The van der Waals surface area contributed by atoms with Crippen LogP contribution in [-0.2, 0) is 13.6 Å². The molecule has 0 spiro atoms. The normalized spacial score (nSPS) is 10.9. The molecule has 0 atom stereocenters. The van der Waals surface area contributed by atoms with Gasteiger partial charge < -0.3 is 5.73 Å². The highest BCUT2D eigenvalue weighted by molar-refractivity contribution is 6.31. The summed E-state index contributed by atoms with van der Waals surface area (Å²) in [7, 11) is 1.84. The smallest absolute Gasteiger partial charge is 0.165 e. The second kappa shape index (κ2) is 3.54. The number of hydrogen-bond acceptors (Lipinski definition) is 4. The number of nitrogen functional groups attached to an aromatic ring is 1. The quantitative estimate of drug-likeness (QED) is 0.814. The first kappa shape index (κ1) is 9.97. The lowest BCUT2D eigenvalue weighted by Gasteiger charge is -2.01. The number of halogens is 1. The molecule has 0 radical (unpaired) electrons. The van der Waals surface area contributed by atoms with Crippen molar-refractivity contribution in [1.82, 2.24) is 24.8 Å². The maximum Gasteiger partial charge on any atom is 0.165 e. The van der Waals surface area contributed by atoms with Gasteiger partial charge in [-0.1, -0.05) is 16.8 Å². The van der Waals surface area contributed by atoms with E-state index in [1.54, 1.807) is 15.6 Å². The Morgan fingerprint density at radius 3 is 2.73 bits per heavy atom. The first-order chi connectivity index (χ1) is 7.08. The lowest BCUT2D eigenvalue weighted by molar-refractivity contribution is 0.599. The highest BCUT2D eigenvalue weighted by Crippen LogP contribution is 2.19. The lowest BCUT2D eigenvalue weighted by Crippen LogP contribution is -2.06. The number of anilines is 1. The van der Waals surface area contributed by atoms with Crippen LogP contribution in [-0.4, -0.2) is 24.8 Å². The molecule has 0 fully saturated rings. The molecule has 2 N–H and O–H groups in total. The Morgan fingerprint density at radius 1 is 1.53 bits per heavy atom. The Kier molecular flexibility index (Phi) is 2.36. The molecule has 2 heterocycles. The van der Waals surface area contributed by atoms with Crippen molar-refractivity contribution in [3.05, 3.63) is 22.6 Å². The summed E-state index contributed by atoms with van der Waals surface area (Å²) in [5.41, 5.74) is 7.16. The maximum absolute atomic E-state index is 6.09. The predicted octanol–water partition coefficient (Wildman–Crippen LogP) is 0.604. The first-order valence-electron chi connectivity index (χ1n) is 4.41. The largest absolute Gasteiger partial charge is 0.381 e. The molecule has 0 amide bonds. The maximum atomic E-state index is 6.09. The van der Waals surface area contributed by atoms with Gasteiger partial charge in [0.05, 0.1) is 29.2 Å². The second-order valence-electron chi connectivity index (χ2n) is 3.31. The van der Waals surface area contributed by atoms with Gasteiger partial charge in [0.1, 0.15) is 0 Å². The van der Waals surface area contributed by atoms with E-state index in [1.807, 2.05) is 14.0 Å². The van der Waals surface area contributed by atoms with Gasteiger partial charge in [0.2, 0.25) is 0 Å². The van der Waals surface area contributed by atoms with Crippen LogP contribution in [0.25, 0.3) is 0 Å². The summed E-state index contributed by atoms with van der Waals surface area (Å²) in [6.07, 6.45) is 1.65. The van der Waals surface area contributed by atoms with Crippen molar-refractivity contribution in [2.75, 3.05) is 5.73 Å². The van der Waals surface area contributed by atoms with Crippen molar-refractivity contribution >= 4 is 17.4 Å². The fourth-order valence-electron chi connectivity index (χ4n) is 1.40. The Morgan fingerprint density at radius 2 is 2.27 bits per heavy atom. The zero-order valence-corrected chi connectivity index (χ0v) is 9.23. The highest BCUT2D eigenvalue weighted by atomic mass is 35.5. The average Bonchev–Trinajstić information content (AvgIpc) is 2.67. The van der Waals surface area contributed by atoms with Crippen LogP contribution >= 0.6 is 11.6 Å². The summed E-state index contributed by atoms with van der Waals surface area (Å²) in [5, 5.41) is 12.4. The van der Waals surface area contributed by atoms with Crippen LogP contribution in [0.4, 0.5) is 5.82 Å². The number of hydrogen-bond donors (Lipinski definition) is 1. The van der Waals surface area contributed by atoms with Crippen molar-refractivity contribution in [3.8, 4) is 0 Å². The van der Waals surface area contributed by atoms with Crippen LogP contribution < -0.4 is 5.73 Å². The van der Waals surface area contributed by atoms with Crippen molar-refractivity contribution in [3.63, 3.8) is 0 Å². The van der Waals surface area contributed by atoms with E-state index in [-0.39, 0.29) is 0 Å². The fraction of sp³-hybridized carbons (Fsp3) is 0.375. The van der Waals surface area contributed by atoms with E-state index in [4.69, 9.17) is 17.3 Å². The van der Waals surface area contributed by atoms with Gasteiger partial charge in [-0.15, -0.1) is 5.10 Å². The molecule has 2 rings (SSSR count). The number of aryl methyl sites for hydroxylation is 2. The van der Waals surface area contributed by atoms with Crippen LogP contribution in [0.2, 0.25) is 5.02 Å². The zero-order chi connectivity index (χ0) is 11.0. The minimum absolute atomic E-state index is 0.394. The molecule has 0 saturated carbocycles. The third-order valence-corrected chi connectivity index (χ3v) is 2.62. The molecule has 80 valence electrons. The van der Waals surface area contributed by atoms with Crippen LogP contribution in [0.15, 0.2) is 6.20 Å². The topological polar surface area (TPSA) is 74.5 Å². The van der Waals surface area contributed by atoms with Gasteiger partial charge in [0.15, 0.2) is 5.82 Å². The molecule has 0 aromatic carbocycles.